The number of hydrogen-bond donors (Lipinski definition) is 0. The van der Waals surface area contributed by atoms with Crippen LogP contribution in [0.25, 0.3) is 5.69 Å². The Bertz CT molecular complexity index is 1300. The Hall–Kier alpha value is -3.85. The molecule has 1 aliphatic heterocycles. The van der Waals surface area contributed by atoms with E-state index in [0.717, 1.165) is 28.5 Å². The van der Waals surface area contributed by atoms with Crippen LogP contribution in [-0.2, 0) is 4.79 Å². The van der Waals surface area contributed by atoms with E-state index in [-0.39, 0.29) is 17.7 Å². The zero-order valence-corrected chi connectivity index (χ0v) is 19.6. The molecule has 5 rings (SSSR count). The minimum absolute atomic E-state index is 0.129. The summed E-state index contributed by atoms with van der Waals surface area (Å²) in [7, 11) is 1.63. The number of ether oxygens (including phenoxy) is 1. The van der Waals surface area contributed by atoms with Crippen molar-refractivity contribution in [2.75, 3.05) is 12.9 Å². The first-order chi connectivity index (χ1) is 16.6. The zero-order valence-electron chi connectivity index (χ0n) is 18.8. The van der Waals surface area contributed by atoms with Crippen molar-refractivity contribution >= 4 is 23.4 Å². The lowest BCUT2D eigenvalue weighted by atomic mass is 10.0. The topological polar surface area (TPSA) is 85.8 Å². The molecule has 3 heterocycles. The standard InChI is InChI=1S/C25H23N5O3S/c1-17-26-27-25(29(17)19-7-4-3-5-8-19)34-16-24(31)30-22(23-9-6-14-33-23)15-21(28-30)18-10-12-20(32-2)13-11-18/h3-14,22H,15-16H2,1-2H3/t22-/m1/s1. The normalized spacial score (nSPS) is 15.4. The number of methoxy groups -OCH3 is 1. The number of hydrazone groups is 1. The molecule has 0 aliphatic carbocycles. The summed E-state index contributed by atoms with van der Waals surface area (Å²) in [5.74, 6) is 2.27. The van der Waals surface area contributed by atoms with Crippen LogP contribution in [0.3, 0.4) is 0 Å². The number of amides is 1. The smallest absolute Gasteiger partial charge is 0.253 e. The SMILES string of the molecule is COc1ccc(C2=NN(C(=O)CSc3nnc(C)n3-c3ccccc3)[C@@H](c3ccco3)C2)cc1. The van der Waals surface area contributed by atoms with Gasteiger partial charge in [-0.15, -0.1) is 10.2 Å². The second-order valence-electron chi connectivity index (χ2n) is 7.74. The van der Waals surface area contributed by atoms with E-state index >= 15 is 0 Å². The van der Waals surface area contributed by atoms with Crippen LogP contribution >= 0.6 is 11.8 Å². The maximum atomic E-state index is 13.3. The lowest BCUT2D eigenvalue weighted by molar-refractivity contribution is -0.130. The fraction of sp³-hybridized carbons (Fsp3) is 0.200. The Morgan fingerprint density at radius 2 is 1.88 bits per heavy atom. The second kappa shape index (κ2) is 9.56. The van der Waals surface area contributed by atoms with Gasteiger partial charge in [0.15, 0.2) is 5.16 Å². The first kappa shape index (κ1) is 22.0. The molecule has 172 valence electrons. The number of thioether (sulfide) groups is 1. The van der Waals surface area contributed by atoms with Crippen LogP contribution in [0.1, 0.15) is 29.6 Å². The van der Waals surface area contributed by atoms with Gasteiger partial charge in [0, 0.05) is 12.1 Å². The van der Waals surface area contributed by atoms with Crippen LogP contribution in [0.2, 0.25) is 0 Å². The summed E-state index contributed by atoms with van der Waals surface area (Å²) in [5.41, 5.74) is 2.72. The van der Waals surface area contributed by atoms with Gasteiger partial charge in [-0.2, -0.15) is 5.10 Å². The molecule has 0 saturated carbocycles. The van der Waals surface area contributed by atoms with Crippen molar-refractivity contribution in [3.63, 3.8) is 0 Å². The summed E-state index contributed by atoms with van der Waals surface area (Å²) in [4.78, 5) is 13.3. The quantitative estimate of drug-likeness (QED) is 0.363. The summed E-state index contributed by atoms with van der Waals surface area (Å²) >= 11 is 1.34. The number of aryl methyl sites for hydroxylation is 1. The van der Waals surface area contributed by atoms with E-state index in [1.807, 2.05) is 78.2 Å². The molecule has 4 aromatic rings. The lowest BCUT2D eigenvalue weighted by Crippen LogP contribution is -2.28. The van der Waals surface area contributed by atoms with Gasteiger partial charge >= 0.3 is 0 Å². The molecule has 0 radical (unpaired) electrons. The van der Waals surface area contributed by atoms with Gasteiger partial charge in [0.1, 0.15) is 23.4 Å². The number of aromatic nitrogens is 3. The zero-order chi connectivity index (χ0) is 23.5. The number of rotatable bonds is 7. The molecule has 1 aliphatic rings. The second-order valence-corrected chi connectivity index (χ2v) is 8.68. The van der Waals surface area contributed by atoms with Gasteiger partial charge in [-0.25, -0.2) is 5.01 Å². The Morgan fingerprint density at radius 1 is 1.09 bits per heavy atom. The van der Waals surface area contributed by atoms with Gasteiger partial charge in [0.05, 0.1) is 24.8 Å². The van der Waals surface area contributed by atoms with Crippen molar-refractivity contribution in [2.45, 2.75) is 24.5 Å². The van der Waals surface area contributed by atoms with Crippen molar-refractivity contribution in [1.29, 1.82) is 0 Å². The Kier molecular flexibility index (Phi) is 6.18. The summed E-state index contributed by atoms with van der Waals surface area (Å²) in [6.45, 7) is 1.89. The predicted octanol–water partition coefficient (Wildman–Crippen LogP) is 4.65. The Balaban J connectivity index is 1.37. The maximum Gasteiger partial charge on any atom is 0.253 e. The number of nitrogens with zero attached hydrogens (tertiary/aromatic N) is 5. The average Bonchev–Trinajstić information content (AvgIpc) is 3.63. The van der Waals surface area contributed by atoms with Gasteiger partial charge in [0.25, 0.3) is 5.91 Å². The molecule has 8 nitrogen and oxygen atoms in total. The molecule has 2 aromatic heterocycles. The highest BCUT2D eigenvalue weighted by Crippen LogP contribution is 2.34. The summed E-state index contributed by atoms with van der Waals surface area (Å²) in [6.07, 6.45) is 2.18. The number of furan rings is 1. The number of carbonyl (C=O) groups excluding carboxylic acids is 1. The van der Waals surface area contributed by atoms with E-state index < -0.39 is 0 Å². The molecule has 9 heteroatoms. The van der Waals surface area contributed by atoms with Gasteiger partial charge in [-0.1, -0.05) is 30.0 Å². The van der Waals surface area contributed by atoms with Gasteiger partial charge < -0.3 is 9.15 Å². The van der Waals surface area contributed by atoms with Crippen LogP contribution in [0.5, 0.6) is 5.75 Å². The number of carbonyl (C=O) groups is 1. The first-order valence-corrected chi connectivity index (χ1v) is 11.8. The molecule has 0 fully saturated rings. The highest BCUT2D eigenvalue weighted by Gasteiger charge is 2.35. The fourth-order valence-corrected chi connectivity index (χ4v) is 4.75. The van der Waals surface area contributed by atoms with Crippen LogP contribution in [0.4, 0.5) is 0 Å². The molecule has 2 aromatic carbocycles. The molecule has 34 heavy (non-hydrogen) atoms. The van der Waals surface area contributed by atoms with Crippen LogP contribution in [0.15, 0.2) is 87.7 Å². The molecule has 0 spiro atoms. The van der Waals surface area contributed by atoms with Crippen molar-refractivity contribution in [3.05, 3.63) is 90.1 Å². The predicted molar refractivity (Wildman–Crippen MR) is 129 cm³/mol. The minimum atomic E-state index is -0.297. The first-order valence-electron chi connectivity index (χ1n) is 10.8. The highest BCUT2D eigenvalue weighted by molar-refractivity contribution is 7.99. The van der Waals surface area contributed by atoms with Crippen LogP contribution in [-0.4, -0.2) is 44.3 Å². The summed E-state index contributed by atoms with van der Waals surface area (Å²) < 4.78 is 12.8. The van der Waals surface area contributed by atoms with Crippen molar-refractivity contribution in [3.8, 4) is 11.4 Å². The average molecular weight is 474 g/mol. The maximum absolute atomic E-state index is 13.3. The summed E-state index contributed by atoms with van der Waals surface area (Å²) in [6, 6.07) is 20.9. The van der Waals surface area contributed by atoms with Crippen molar-refractivity contribution in [1.82, 2.24) is 19.8 Å². The minimum Gasteiger partial charge on any atom is -0.497 e. The van der Waals surface area contributed by atoms with E-state index in [9.17, 15) is 4.79 Å². The van der Waals surface area contributed by atoms with E-state index in [0.29, 0.717) is 17.3 Å². The molecular weight excluding hydrogens is 450 g/mol. The third-order valence-corrected chi connectivity index (χ3v) is 6.51. The highest BCUT2D eigenvalue weighted by atomic mass is 32.2. The van der Waals surface area contributed by atoms with E-state index in [1.165, 1.54) is 16.8 Å². The van der Waals surface area contributed by atoms with Gasteiger partial charge in [-0.3, -0.25) is 9.36 Å². The summed E-state index contributed by atoms with van der Waals surface area (Å²) in [5, 5.41) is 15.4. The Morgan fingerprint density at radius 3 is 2.59 bits per heavy atom. The van der Waals surface area contributed by atoms with Gasteiger partial charge in [-0.05, 0) is 61.0 Å². The molecule has 0 saturated heterocycles. The molecule has 0 N–H and O–H groups in total. The van der Waals surface area contributed by atoms with E-state index in [1.54, 1.807) is 13.4 Å². The van der Waals surface area contributed by atoms with E-state index in [2.05, 4.69) is 10.2 Å². The van der Waals surface area contributed by atoms with Gasteiger partial charge in [0.2, 0.25) is 0 Å². The van der Waals surface area contributed by atoms with Crippen LogP contribution in [0, 0.1) is 6.92 Å². The molecule has 1 amide bonds. The third kappa shape index (κ3) is 4.34. The largest absolute Gasteiger partial charge is 0.497 e. The monoisotopic (exact) mass is 473 g/mol. The van der Waals surface area contributed by atoms with Crippen molar-refractivity contribution in [2.24, 2.45) is 5.10 Å². The molecular formula is C25H23N5O3S. The van der Waals surface area contributed by atoms with Crippen LogP contribution < -0.4 is 4.74 Å². The number of benzene rings is 2. The van der Waals surface area contributed by atoms with Crippen molar-refractivity contribution < 1.29 is 13.9 Å². The molecule has 0 unspecified atom stereocenters. The molecule has 1 atom stereocenters. The third-order valence-electron chi connectivity index (χ3n) is 5.60. The van der Waals surface area contributed by atoms with E-state index in [4.69, 9.17) is 14.3 Å². The lowest BCUT2D eigenvalue weighted by Gasteiger charge is -2.19. The Labute approximate surface area is 201 Å². The number of para-hydroxylation sites is 1. The molecule has 0 bridgehead atoms. The fourth-order valence-electron chi connectivity index (χ4n) is 3.90. The number of hydrogen-bond acceptors (Lipinski definition) is 7.